The first-order valence-corrected chi connectivity index (χ1v) is 14.1. The minimum absolute atomic E-state index is 0.103. The van der Waals surface area contributed by atoms with Gasteiger partial charge in [0.2, 0.25) is 11.7 Å². The molecule has 1 aliphatic carbocycles. The molecule has 0 radical (unpaired) electrons. The van der Waals surface area contributed by atoms with Crippen LogP contribution in [0.4, 0.5) is 11.4 Å². The Morgan fingerprint density at radius 2 is 1.64 bits per heavy atom. The number of benzene rings is 2. The second kappa shape index (κ2) is 10.3. The summed E-state index contributed by atoms with van der Waals surface area (Å²) in [4.78, 5) is 39.5. The predicted octanol–water partition coefficient (Wildman–Crippen LogP) is 4.09. The van der Waals surface area contributed by atoms with E-state index in [-0.39, 0.29) is 23.7 Å². The van der Waals surface area contributed by atoms with Crippen molar-refractivity contribution in [2.45, 2.75) is 44.7 Å². The molecule has 3 heterocycles. The van der Waals surface area contributed by atoms with Crippen molar-refractivity contribution in [3.05, 3.63) is 53.3 Å². The van der Waals surface area contributed by atoms with Crippen molar-refractivity contribution in [3.8, 4) is 17.1 Å². The third kappa shape index (κ3) is 4.67. The lowest BCUT2D eigenvalue weighted by molar-refractivity contribution is -0.119. The molecular formula is C29H34ClN7O2. The van der Waals surface area contributed by atoms with Crippen molar-refractivity contribution in [1.82, 2.24) is 24.6 Å². The zero-order valence-electron chi connectivity index (χ0n) is 22.7. The molecule has 1 saturated heterocycles. The van der Waals surface area contributed by atoms with Crippen molar-refractivity contribution in [1.29, 1.82) is 0 Å². The van der Waals surface area contributed by atoms with Crippen LogP contribution in [0.15, 0.2) is 42.5 Å². The SMILES string of the molecule is C[C@@H]1C(=O)N(C)c2ccc(-c3nc(C(=O)N4CCN(C)CC4)nn3-c3ccc(Cl)cc3)cc2N1C1CCCC1. The fourth-order valence-electron chi connectivity index (χ4n) is 6.08. The third-order valence-electron chi connectivity index (χ3n) is 8.36. The number of nitrogens with zero attached hydrogens (tertiary/aromatic N) is 7. The number of hydrogen-bond acceptors (Lipinski definition) is 6. The van der Waals surface area contributed by atoms with Gasteiger partial charge in [-0.25, -0.2) is 9.67 Å². The number of hydrogen-bond donors (Lipinski definition) is 0. The first kappa shape index (κ1) is 25.8. The molecular weight excluding hydrogens is 514 g/mol. The summed E-state index contributed by atoms with van der Waals surface area (Å²) in [5, 5.41) is 5.33. The van der Waals surface area contributed by atoms with E-state index in [4.69, 9.17) is 21.7 Å². The van der Waals surface area contributed by atoms with E-state index in [1.54, 1.807) is 21.7 Å². The first-order valence-electron chi connectivity index (χ1n) is 13.7. The van der Waals surface area contributed by atoms with Crippen LogP contribution in [0.25, 0.3) is 17.1 Å². The fraction of sp³-hybridized carbons (Fsp3) is 0.448. The molecule has 0 bridgehead atoms. The molecule has 2 aromatic carbocycles. The molecule has 3 aliphatic rings. The largest absolute Gasteiger partial charge is 0.355 e. The number of rotatable bonds is 4. The van der Waals surface area contributed by atoms with Crippen LogP contribution in [-0.4, -0.2) is 88.7 Å². The maximum atomic E-state index is 13.5. The van der Waals surface area contributed by atoms with Gasteiger partial charge in [-0.1, -0.05) is 24.4 Å². The number of carbonyl (C=O) groups is 2. The van der Waals surface area contributed by atoms with Crippen LogP contribution < -0.4 is 9.80 Å². The van der Waals surface area contributed by atoms with Gasteiger partial charge in [-0.15, -0.1) is 5.10 Å². The van der Waals surface area contributed by atoms with Gasteiger partial charge < -0.3 is 19.6 Å². The zero-order valence-corrected chi connectivity index (χ0v) is 23.4. The second-order valence-corrected chi connectivity index (χ2v) is 11.3. The number of fused-ring (bicyclic) bond motifs is 1. The Bertz CT molecular complexity index is 1390. The highest BCUT2D eigenvalue weighted by molar-refractivity contribution is 6.30. The Morgan fingerprint density at radius 3 is 2.33 bits per heavy atom. The molecule has 9 nitrogen and oxygen atoms in total. The second-order valence-electron chi connectivity index (χ2n) is 10.9. The van der Waals surface area contributed by atoms with E-state index in [2.05, 4.69) is 22.9 Å². The molecule has 3 aromatic rings. The lowest BCUT2D eigenvalue weighted by atomic mass is 10.0. The highest BCUT2D eigenvalue weighted by Crippen LogP contribution is 2.42. The van der Waals surface area contributed by atoms with Crippen molar-refractivity contribution in [2.75, 3.05) is 50.1 Å². The molecule has 39 heavy (non-hydrogen) atoms. The number of anilines is 2. The average Bonchev–Trinajstić information content (AvgIpc) is 3.63. The molecule has 1 saturated carbocycles. The maximum absolute atomic E-state index is 13.5. The lowest BCUT2D eigenvalue weighted by Crippen LogP contribution is -2.54. The van der Waals surface area contributed by atoms with Crippen molar-refractivity contribution in [3.63, 3.8) is 0 Å². The average molecular weight is 548 g/mol. The summed E-state index contributed by atoms with van der Waals surface area (Å²) >= 11 is 6.17. The Labute approximate surface area is 233 Å². The quantitative estimate of drug-likeness (QED) is 0.490. The third-order valence-corrected chi connectivity index (χ3v) is 8.61. The number of aromatic nitrogens is 3. The Hall–Kier alpha value is -3.43. The van der Waals surface area contributed by atoms with Gasteiger partial charge in [0.25, 0.3) is 5.91 Å². The van der Waals surface area contributed by atoms with Crippen LogP contribution in [0.3, 0.4) is 0 Å². The summed E-state index contributed by atoms with van der Waals surface area (Å²) in [5.74, 6) is 0.694. The number of amides is 2. The molecule has 0 unspecified atom stereocenters. The monoisotopic (exact) mass is 547 g/mol. The molecule has 2 amide bonds. The van der Waals surface area contributed by atoms with Crippen LogP contribution >= 0.6 is 11.6 Å². The van der Waals surface area contributed by atoms with Crippen LogP contribution in [-0.2, 0) is 4.79 Å². The lowest BCUT2D eigenvalue weighted by Gasteiger charge is -2.43. The van der Waals surface area contributed by atoms with Crippen LogP contribution in [0.5, 0.6) is 0 Å². The van der Waals surface area contributed by atoms with Crippen LogP contribution in [0, 0.1) is 0 Å². The highest BCUT2D eigenvalue weighted by atomic mass is 35.5. The number of likely N-dealkylation sites (N-methyl/N-ethyl adjacent to an activating group) is 2. The van der Waals surface area contributed by atoms with Crippen molar-refractivity contribution < 1.29 is 9.59 Å². The molecule has 0 spiro atoms. The minimum Gasteiger partial charge on any atom is -0.355 e. The molecule has 204 valence electrons. The van der Waals surface area contributed by atoms with Crippen LogP contribution in [0.2, 0.25) is 5.02 Å². The standard InChI is InChI=1S/C29H34ClN7O2/c1-19-28(38)34(3)24-13-8-20(18-25(24)36(19)22-6-4-5-7-22)27-31-26(29(39)35-16-14-33(2)15-17-35)32-37(27)23-11-9-21(30)10-12-23/h8-13,18-19,22H,4-7,14-17H2,1-3H3/t19-/m1/s1. The summed E-state index contributed by atoms with van der Waals surface area (Å²) in [6, 6.07) is 13.5. The molecule has 1 aromatic heterocycles. The predicted molar refractivity (Wildman–Crippen MR) is 153 cm³/mol. The number of piperazine rings is 1. The Kier molecular flexibility index (Phi) is 6.81. The van der Waals surface area contributed by atoms with Crippen LogP contribution in [0.1, 0.15) is 43.2 Å². The van der Waals surface area contributed by atoms with Gasteiger partial charge in [0.15, 0.2) is 5.82 Å². The van der Waals surface area contributed by atoms with Gasteiger partial charge in [-0.3, -0.25) is 9.59 Å². The topological polar surface area (TPSA) is 77.8 Å². The van der Waals surface area contributed by atoms with Gasteiger partial charge in [-0.2, -0.15) is 0 Å². The molecule has 0 N–H and O–H groups in total. The summed E-state index contributed by atoms with van der Waals surface area (Å²) < 4.78 is 1.72. The Morgan fingerprint density at radius 1 is 0.949 bits per heavy atom. The fourth-order valence-corrected chi connectivity index (χ4v) is 6.20. The van der Waals surface area contributed by atoms with Gasteiger partial charge in [0.05, 0.1) is 17.1 Å². The van der Waals surface area contributed by atoms with Gasteiger partial charge in [-0.05, 0) is 69.3 Å². The van der Waals surface area contributed by atoms with Gasteiger partial charge >= 0.3 is 0 Å². The molecule has 1 atom stereocenters. The maximum Gasteiger partial charge on any atom is 0.293 e. The molecule has 2 fully saturated rings. The highest BCUT2D eigenvalue weighted by Gasteiger charge is 2.38. The van der Waals surface area contributed by atoms with E-state index < -0.39 is 0 Å². The molecule has 6 rings (SSSR count). The van der Waals surface area contributed by atoms with Gasteiger partial charge in [0.1, 0.15) is 6.04 Å². The van der Waals surface area contributed by atoms with E-state index >= 15 is 0 Å². The molecule has 10 heteroatoms. The summed E-state index contributed by atoms with van der Waals surface area (Å²) in [7, 11) is 3.90. The van der Waals surface area contributed by atoms with E-state index in [9.17, 15) is 9.59 Å². The van der Waals surface area contributed by atoms with Crippen molar-refractivity contribution in [2.24, 2.45) is 0 Å². The van der Waals surface area contributed by atoms with E-state index in [0.717, 1.165) is 48.6 Å². The van der Waals surface area contributed by atoms with Gasteiger partial charge in [0, 0.05) is 49.9 Å². The Balaban J connectivity index is 1.45. The molecule has 2 aliphatic heterocycles. The van der Waals surface area contributed by atoms with E-state index in [0.29, 0.717) is 30.0 Å². The van der Waals surface area contributed by atoms with E-state index in [1.165, 1.54) is 12.8 Å². The first-order chi connectivity index (χ1) is 18.8. The number of carbonyl (C=O) groups excluding carboxylic acids is 2. The van der Waals surface area contributed by atoms with Crippen molar-refractivity contribution >= 4 is 34.8 Å². The summed E-state index contributed by atoms with van der Waals surface area (Å²) in [5.41, 5.74) is 3.52. The summed E-state index contributed by atoms with van der Waals surface area (Å²) in [6.07, 6.45) is 4.51. The normalized spacial score (nSPS) is 20.6. The van der Waals surface area contributed by atoms with E-state index in [1.807, 2.05) is 43.1 Å². The zero-order chi connectivity index (χ0) is 27.3. The summed E-state index contributed by atoms with van der Waals surface area (Å²) in [6.45, 7) is 4.93. The smallest absolute Gasteiger partial charge is 0.293 e. The number of halogens is 1. The minimum atomic E-state index is -0.246.